The number of hydrogen-bond donors (Lipinski definition) is 1. The largest absolute Gasteiger partial charge is 0.377 e. The summed E-state index contributed by atoms with van der Waals surface area (Å²) in [6.45, 7) is 11.2. The third-order valence-electron chi connectivity index (χ3n) is 4.72. The Morgan fingerprint density at radius 2 is 2.00 bits per heavy atom. The van der Waals surface area contributed by atoms with E-state index in [1.54, 1.807) is 0 Å². The summed E-state index contributed by atoms with van der Waals surface area (Å²) in [6.07, 6.45) is 6.66. The van der Waals surface area contributed by atoms with Gasteiger partial charge in [-0.1, -0.05) is 27.7 Å². The number of rotatable bonds is 7. The summed E-state index contributed by atoms with van der Waals surface area (Å²) >= 11 is 2.04. The predicted molar refractivity (Wildman–Crippen MR) is 80.2 cm³/mol. The molecule has 0 radical (unpaired) electrons. The molecule has 2 rings (SSSR count). The minimum atomic E-state index is 0.295. The monoisotopic (exact) mass is 271 g/mol. The molecule has 2 saturated carbocycles. The SMILES string of the molecule is CSC1(CNC2CC(OCC(C)C)C2(C)C)CC1. The van der Waals surface area contributed by atoms with Crippen molar-refractivity contribution >= 4 is 11.8 Å². The van der Waals surface area contributed by atoms with Crippen molar-refractivity contribution in [3.63, 3.8) is 0 Å². The molecule has 2 unspecified atom stereocenters. The van der Waals surface area contributed by atoms with Gasteiger partial charge in [0.25, 0.3) is 0 Å². The van der Waals surface area contributed by atoms with E-state index in [0.717, 1.165) is 6.61 Å². The standard InChI is InChI=1S/C15H29NOS/c1-11(2)9-17-13-8-12(14(13,3)4)16-10-15(18-5)6-7-15/h11-13,16H,6-10H2,1-5H3. The van der Waals surface area contributed by atoms with E-state index in [1.807, 2.05) is 11.8 Å². The van der Waals surface area contributed by atoms with Crippen molar-refractivity contribution in [2.24, 2.45) is 11.3 Å². The zero-order valence-electron chi connectivity index (χ0n) is 12.6. The van der Waals surface area contributed by atoms with Crippen LogP contribution in [0.3, 0.4) is 0 Å². The van der Waals surface area contributed by atoms with Crippen LogP contribution in [0.2, 0.25) is 0 Å². The Labute approximate surface area is 117 Å². The highest BCUT2D eigenvalue weighted by atomic mass is 32.2. The molecule has 3 heteroatoms. The predicted octanol–water partition coefficient (Wildman–Crippen LogP) is 3.31. The van der Waals surface area contributed by atoms with Gasteiger partial charge in [0, 0.05) is 29.4 Å². The van der Waals surface area contributed by atoms with Gasteiger partial charge < -0.3 is 10.1 Å². The molecule has 2 aliphatic rings. The molecule has 0 amide bonds. The number of nitrogens with one attached hydrogen (secondary N) is 1. The van der Waals surface area contributed by atoms with Crippen LogP contribution in [0.25, 0.3) is 0 Å². The summed E-state index contributed by atoms with van der Waals surface area (Å²) in [4.78, 5) is 0. The van der Waals surface area contributed by atoms with Crippen molar-refractivity contribution < 1.29 is 4.74 Å². The molecule has 2 nitrogen and oxygen atoms in total. The van der Waals surface area contributed by atoms with Crippen molar-refractivity contribution in [1.82, 2.24) is 5.32 Å². The lowest BCUT2D eigenvalue weighted by Gasteiger charge is -2.52. The zero-order chi connectivity index (χ0) is 13.4. The Bertz CT molecular complexity index is 286. The molecule has 1 N–H and O–H groups in total. The lowest BCUT2D eigenvalue weighted by Crippen LogP contribution is -2.62. The van der Waals surface area contributed by atoms with Crippen LogP contribution in [0.1, 0.15) is 47.0 Å². The van der Waals surface area contributed by atoms with Crippen LogP contribution in [-0.2, 0) is 4.74 Å². The van der Waals surface area contributed by atoms with Gasteiger partial charge in [-0.05, 0) is 31.4 Å². The average molecular weight is 271 g/mol. The molecule has 0 spiro atoms. The normalized spacial score (nSPS) is 32.3. The Kier molecular flexibility index (Phi) is 4.35. The topological polar surface area (TPSA) is 21.3 Å². The van der Waals surface area contributed by atoms with Gasteiger partial charge in [0.1, 0.15) is 0 Å². The lowest BCUT2D eigenvalue weighted by molar-refractivity contribution is -0.123. The smallest absolute Gasteiger partial charge is 0.0656 e. The molecule has 2 aliphatic carbocycles. The van der Waals surface area contributed by atoms with Crippen LogP contribution in [-0.4, -0.2) is 36.3 Å². The van der Waals surface area contributed by atoms with Crippen LogP contribution in [0, 0.1) is 11.3 Å². The van der Waals surface area contributed by atoms with E-state index in [-0.39, 0.29) is 0 Å². The van der Waals surface area contributed by atoms with Crippen molar-refractivity contribution in [2.75, 3.05) is 19.4 Å². The van der Waals surface area contributed by atoms with Gasteiger partial charge in [-0.3, -0.25) is 0 Å². The third-order valence-corrected chi connectivity index (χ3v) is 6.14. The van der Waals surface area contributed by atoms with Gasteiger partial charge in [0.15, 0.2) is 0 Å². The van der Waals surface area contributed by atoms with E-state index in [9.17, 15) is 0 Å². The summed E-state index contributed by atoms with van der Waals surface area (Å²) in [5.74, 6) is 0.638. The van der Waals surface area contributed by atoms with Gasteiger partial charge in [-0.25, -0.2) is 0 Å². The van der Waals surface area contributed by atoms with E-state index in [4.69, 9.17) is 4.74 Å². The first-order chi connectivity index (χ1) is 8.39. The molecule has 0 aromatic rings. The first-order valence-corrected chi connectivity index (χ1v) is 8.52. The van der Waals surface area contributed by atoms with Crippen LogP contribution >= 0.6 is 11.8 Å². The highest BCUT2D eigenvalue weighted by Gasteiger charge is 2.50. The van der Waals surface area contributed by atoms with E-state index >= 15 is 0 Å². The fourth-order valence-corrected chi connectivity index (χ4v) is 3.46. The molecule has 106 valence electrons. The first kappa shape index (κ1) is 14.7. The van der Waals surface area contributed by atoms with E-state index in [1.165, 1.54) is 25.8 Å². The maximum Gasteiger partial charge on any atom is 0.0656 e. The molecule has 0 saturated heterocycles. The maximum atomic E-state index is 6.01. The summed E-state index contributed by atoms with van der Waals surface area (Å²) < 4.78 is 6.58. The Morgan fingerprint density at radius 1 is 1.33 bits per heavy atom. The molecule has 2 fully saturated rings. The summed E-state index contributed by atoms with van der Waals surface area (Å²) in [6, 6.07) is 0.638. The molecule has 2 atom stereocenters. The van der Waals surface area contributed by atoms with Gasteiger partial charge in [-0.15, -0.1) is 0 Å². The van der Waals surface area contributed by atoms with E-state index < -0.39 is 0 Å². The van der Waals surface area contributed by atoms with Crippen molar-refractivity contribution in [2.45, 2.75) is 63.9 Å². The first-order valence-electron chi connectivity index (χ1n) is 7.30. The third kappa shape index (κ3) is 3.05. The van der Waals surface area contributed by atoms with Crippen molar-refractivity contribution in [3.05, 3.63) is 0 Å². The Morgan fingerprint density at radius 3 is 2.44 bits per heavy atom. The van der Waals surface area contributed by atoms with Crippen LogP contribution in [0.15, 0.2) is 0 Å². The minimum Gasteiger partial charge on any atom is -0.377 e. The van der Waals surface area contributed by atoms with Crippen LogP contribution in [0.4, 0.5) is 0 Å². The van der Waals surface area contributed by atoms with Gasteiger partial charge >= 0.3 is 0 Å². The Balaban J connectivity index is 1.73. The molecule has 0 heterocycles. The molecule has 18 heavy (non-hydrogen) atoms. The number of ether oxygens (including phenoxy) is 1. The zero-order valence-corrected chi connectivity index (χ0v) is 13.4. The number of hydrogen-bond acceptors (Lipinski definition) is 3. The molecular weight excluding hydrogens is 242 g/mol. The van der Waals surface area contributed by atoms with Crippen molar-refractivity contribution in [3.8, 4) is 0 Å². The second kappa shape index (κ2) is 5.34. The summed E-state index contributed by atoms with van der Waals surface area (Å²) in [7, 11) is 0. The average Bonchev–Trinajstić information content (AvgIpc) is 3.07. The molecule has 0 aliphatic heterocycles. The fourth-order valence-electron chi connectivity index (χ4n) is 2.72. The quantitative estimate of drug-likeness (QED) is 0.767. The molecule has 0 bridgehead atoms. The summed E-state index contributed by atoms with van der Waals surface area (Å²) in [5.41, 5.74) is 0.295. The maximum absolute atomic E-state index is 6.01. The number of thioether (sulfide) groups is 1. The fraction of sp³-hybridized carbons (Fsp3) is 1.00. The summed E-state index contributed by atoms with van der Waals surface area (Å²) in [5, 5.41) is 3.78. The van der Waals surface area contributed by atoms with Gasteiger partial charge in [0.2, 0.25) is 0 Å². The van der Waals surface area contributed by atoms with Crippen LogP contribution in [0.5, 0.6) is 0 Å². The lowest BCUT2D eigenvalue weighted by atomic mass is 9.64. The highest BCUT2D eigenvalue weighted by Crippen LogP contribution is 2.48. The second-order valence-electron chi connectivity index (χ2n) is 7.09. The van der Waals surface area contributed by atoms with Gasteiger partial charge in [0.05, 0.1) is 6.10 Å². The van der Waals surface area contributed by atoms with Crippen LogP contribution < -0.4 is 5.32 Å². The van der Waals surface area contributed by atoms with Gasteiger partial charge in [-0.2, -0.15) is 11.8 Å². The highest BCUT2D eigenvalue weighted by molar-refractivity contribution is 8.00. The Hall–Kier alpha value is 0.270. The minimum absolute atomic E-state index is 0.295. The van der Waals surface area contributed by atoms with Crippen molar-refractivity contribution in [1.29, 1.82) is 0 Å². The second-order valence-corrected chi connectivity index (χ2v) is 8.37. The van der Waals surface area contributed by atoms with E-state index in [2.05, 4.69) is 39.3 Å². The van der Waals surface area contributed by atoms with E-state index in [0.29, 0.717) is 28.2 Å². The molecule has 0 aromatic carbocycles. The molecule has 0 aromatic heterocycles. The molecular formula is C15H29NOS.